The summed E-state index contributed by atoms with van der Waals surface area (Å²) in [7, 11) is 0. The van der Waals surface area contributed by atoms with Gasteiger partial charge in [0.25, 0.3) is 0 Å². The Balaban J connectivity index is 2.87. The molecule has 0 atom stereocenters. The molecule has 2 aromatic rings. The molecule has 0 amide bonds. The van der Waals surface area contributed by atoms with Crippen LogP contribution in [0.25, 0.3) is 5.65 Å². The predicted molar refractivity (Wildman–Crippen MR) is 67.0 cm³/mol. The van der Waals surface area contributed by atoms with Crippen molar-refractivity contribution < 1.29 is 0 Å². The number of fused-ring (bicyclic) bond motifs is 1. The second kappa shape index (κ2) is 3.66. The highest BCUT2D eigenvalue weighted by Crippen LogP contribution is 2.33. The summed E-state index contributed by atoms with van der Waals surface area (Å²) < 4.78 is 2.56. The van der Waals surface area contributed by atoms with Crippen LogP contribution in [-0.4, -0.2) is 9.38 Å². The number of halogens is 1. The molecule has 16 heavy (non-hydrogen) atoms. The van der Waals surface area contributed by atoms with Crippen molar-refractivity contribution in [2.45, 2.75) is 26.2 Å². The molecule has 0 saturated heterocycles. The van der Waals surface area contributed by atoms with Crippen LogP contribution in [0.2, 0.25) is 0 Å². The predicted octanol–water partition coefficient (Wildman–Crippen LogP) is 3.79. The lowest BCUT2D eigenvalue weighted by atomic mass is 9.92. The van der Waals surface area contributed by atoms with Gasteiger partial charge in [-0.05, 0) is 33.2 Å². The minimum atomic E-state index is -0.200. The summed E-state index contributed by atoms with van der Waals surface area (Å²) >= 11 is 3.41. The van der Waals surface area contributed by atoms with E-state index in [0.29, 0.717) is 5.82 Å². The molecule has 0 aliphatic rings. The van der Waals surface area contributed by atoms with Gasteiger partial charge in [-0.25, -0.2) is 4.98 Å². The van der Waals surface area contributed by atoms with Gasteiger partial charge in [-0.2, -0.15) is 0 Å². The SMILES string of the molecule is CC(C)(C)c1nc2c(Br)cccn2c1N=O. The number of imidazole rings is 1. The smallest absolute Gasteiger partial charge is 0.205 e. The van der Waals surface area contributed by atoms with Gasteiger partial charge >= 0.3 is 0 Å². The van der Waals surface area contributed by atoms with Crippen molar-refractivity contribution in [3.63, 3.8) is 0 Å². The van der Waals surface area contributed by atoms with Crippen molar-refractivity contribution in [3.8, 4) is 0 Å². The number of aromatic nitrogens is 2. The Morgan fingerprint density at radius 3 is 2.69 bits per heavy atom. The molecule has 0 aromatic carbocycles. The zero-order valence-electron chi connectivity index (χ0n) is 9.36. The van der Waals surface area contributed by atoms with Gasteiger partial charge < -0.3 is 0 Å². The first-order valence-electron chi connectivity index (χ1n) is 4.95. The fourth-order valence-electron chi connectivity index (χ4n) is 1.61. The quantitative estimate of drug-likeness (QED) is 0.747. The second-order valence-electron chi connectivity index (χ2n) is 4.68. The number of rotatable bonds is 1. The van der Waals surface area contributed by atoms with Crippen molar-refractivity contribution >= 4 is 27.4 Å². The average molecular weight is 282 g/mol. The lowest BCUT2D eigenvalue weighted by molar-refractivity contribution is 0.574. The maximum Gasteiger partial charge on any atom is 0.205 e. The molecule has 2 aromatic heterocycles. The first-order chi connectivity index (χ1) is 7.45. The third kappa shape index (κ3) is 1.65. The van der Waals surface area contributed by atoms with Crippen LogP contribution in [-0.2, 0) is 5.41 Å². The topological polar surface area (TPSA) is 46.7 Å². The van der Waals surface area contributed by atoms with Crippen LogP contribution < -0.4 is 0 Å². The van der Waals surface area contributed by atoms with Crippen LogP contribution in [0.5, 0.6) is 0 Å². The first kappa shape index (κ1) is 11.3. The zero-order valence-corrected chi connectivity index (χ0v) is 10.9. The first-order valence-corrected chi connectivity index (χ1v) is 5.75. The minimum absolute atomic E-state index is 0.200. The number of nitrogens with zero attached hydrogens (tertiary/aromatic N) is 3. The van der Waals surface area contributed by atoms with Gasteiger partial charge in [0, 0.05) is 11.6 Å². The highest BCUT2D eigenvalue weighted by molar-refractivity contribution is 9.10. The van der Waals surface area contributed by atoms with Crippen molar-refractivity contribution in [3.05, 3.63) is 33.4 Å². The van der Waals surface area contributed by atoms with Crippen molar-refractivity contribution in [2.75, 3.05) is 0 Å². The van der Waals surface area contributed by atoms with Crippen molar-refractivity contribution in [1.29, 1.82) is 0 Å². The van der Waals surface area contributed by atoms with Crippen LogP contribution in [0, 0.1) is 4.91 Å². The van der Waals surface area contributed by atoms with Gasteiger partial charge in [-0.3, -0.25) is 4.40 Å². The van der Waals surface area contributed by atoms with Gasteiger partial charge in [0.15, 0.2) is 5.65 Å². The second-order valence-corrected chi connectivity index (χ2v) is 5.53. The number of hydrogen-bond acceptors (Lipinski definition) is 3. The van der Waals surface area contributed by atoms with E-state index in [9.17, 15) is 4.91 Å². The molecule has 0 aliphatic carbocycles. The molecule has 4 nitrogen and oxygen atoms in total. The molecule has 5 heteroatoms. The largest absolute Gasteiger partial charge is 0.281 e. The Labute approximate surface area is 102 Å². The fraction of sp³-hybridized carbons (Fsp3) is 0.364. The minimum Gasteiger partial charge on any atom is -0.281 e. The van der Waals surface area contributed by atoms with E-state index in [1.165, 1.54) is 0 Å². The monoisotopic (exact) mass is 281 g/mol. The van der Waals surface area contributed by atoms with E-state index in [1.807, 2.05) is 32.9 Å². The van der Waals surface area contributed by atoms with Crippen LogP contribution in [0.4, 0.5) is 5.82 Å². The Kier molecular flexibility index (Phi) is 2.58. The summed E-state index contributed by atoms with van der Waals surface area (Å²) in [6.45, 7) is 6.03. The Bertz CT molecular complexity index is 554. The molecule has 0 radical (unpaired) electrons. The van der Waals surface area contributed by atoms with Gasteiger partial charge in [-0.1, -0.05) is 20.8 Å². The molecule has 0 N–H and O–H groups in total. The molecule has 0 aliphatic heterocycles. The van der Waals surface area contributed by atoms with Crippen LogP contribution in [0.3, 0.4) is 0 Å². The molecule has 0 bridgehead atoms. The van der Waals surface area contributed by atoms with E-state index in [2.05, 4.69) is 26.1 Å². The van der Waals surface area contributed by atoms with E-state index in [1.54, 1.807) is 10.6 Å². The number of hydrogen-bond donors (Lipinski definition) is 0. The number of nitroso groups, excluding NO2 is 1. The molecule has 0 unspecified atom stereocenters. The summed E-state index contributed by atoms with van der Waals surface area (Å²) in [5.74, 6) is 0.379. The van der Waals surface area contributed by atoms with Crippen LogP contribution in [0.15, 0.2) is 28.0 Å². The van der Waals surface area contributed by atoms with E-state index in [-0.39, 0.29) is 5.41 Å². The van der Waals surface area contributed by atoms with Gasteiger partial charge in [0.05, 0.1) is 10.2 Å². The van der Waals surface area contributed by atoms with E-state index in [4.69, 9.17) is 0 Å². The summed E-state index contributed by atoms with van der Waals surface area (Å²) in [4.78, 5) is 15.4. The van der Waals surface area contributed by atoms with E-state index < -0.39 is 0 Å². The Morgan fingerprint density at radius 1 is 1.44 bits per heavy atom. The highest BCUT2D eigenvalue weighted by atomic mass is 79.9. The van der Waals surface area contributed by atoms with Gasteiger partial charge in [0.1, 0.15) is 0 Å². The maximum absolute atomic E-state index is 10.9. The Hall–Kier alpha value is -1.23. The fourth-order valence-corrected chi connectivity index (χ4v) is 2.04. The van der Waals surface area contributed by atoms with E-state index in [0.717, 1.165) is 15.8 Å². The normalized spacial score (nSPS) is 12.0. The lowest BCUT2D eigenvalue weighted by Gasteiger charge is -2.14. The zero-order chi connectivity index (χ0) is 11.9. The highest BCUT2D eigenvalue weighted by Gasteiger charge is 2.25. The maximum atomic E-state index is 10.9. The van der Waals surface area contributed by atoms with Crippen LogP contribution >= 0.6 is 15.9 Å². The Morgan fingerprint density at radius 2 is 2.12 bits per heavy atom. The average Bonchev–Trinajstić information content (AvgIpc) is 2.57. The molecular weight excluding hydrogens is 270 g/mol. The number of pyridine rings is 1. The summed E-state index contributed by atoms with van der Waals surface area (Å²) in [6, 6.07) is 3.74. The molecule has 2 heterocycles. The molecular formula is C11H12BrN3O. The molecule has 0 fully saturated rings. The molecule has 2 rings (SSSR count). The van der Waals surface area contributed by atoms with Gasteiger partial charge in [-0.15, -0.1) is 4.91 Å². The van der Waals surface area contributed by atoms with Crippen molar-refractivity contribution in [1.82, 2.24) is 9.38 Å². The third-order valence-corrected chi connectivity index (χ3v) is 2.99. The standard InChI is InChI=1S/C11H12BrN3O/c1-11(2,3)8-10(14-16)15-6-4-5-7(12)9(15)13-8/h4-6H,1-3H3. The lowest BCUT2D eigenvalue weighted by Crippen LogP contribution is -2.11. The molecule has 84 valence electrons. The third-order valence-electron chi connectivity index (χ3n) is 2.37. The van der Waals surface area contributed by atoms with Gasteiger partial charge in [0.2, 0.25) is 5.82 Å². The van der Waals surface area contributed by atoms with Crippen molar-refractivity contribution in [2.24, 2.45) is 5.18 Å². The van der Waals surface area contributed by atoms with E-state index >= 15 is 0 Å². The summed E-state index contributed by atoms with van der Waals surface area (Å²) in [5.41, 5.74) is 1.24. The summed E-state index contributed by atoms with van der Waals surface area (Å²) in [5, 5.41) is 3.10. The van der Waals surface area contributed by atoms with Crippen LogP contribution in [0.1, 0.15) is 26.5 Å². The molecule has 0 spiro atoms. The molecule has 0 saturated carbocycles. The summed E-state index contributed by atoms with van der Waals surface area (Å²) in [6.07, 6.45) is 1.79.